The Kier molecular flexibility index (Phi) is 3.88. The van der Waals surface area contributed by atoms with Gasteiger partial charge in [0.15, 0.2) is 0 Å². The van der Waals surface area contributed by atoms with Crippen molar-refractivity contribution in [1.29, 1.82) is 0 Å². The minimum Gasteiger partial charge on any atom is -0.316 e. The molecule has 1 nitrogen and oxygen atoms in total. The lowest BCUT2D eigenvalue weighted by atomic mass is 9.65. The van der Waals surface area contributed by atoms with Crippen molar-refractivity contribution in [3.05, 3.63) is 34.9 Å². The molecule has 2 rings (SSSR count). The van der Waals surface area contributed by atoms with Crippen LogP contribution in [0.5, 0.6) is 0 Å². The molecule has 0 bridgehead atoms. The van der Waals surface area contributed by atoms with E-state index in [9.17, 15) is 0 Å². The lowest BCUT2D eigenvalue weighted by Crippen LogP contribution is -2.41. The van der Waals surface area contributed by atoms with Crippen LogP contribution < -0.4 is 5.32 Å². The maximum atomic E-state index is 6.02. The predicted molar refractivity (Wildman–Crippen MR) is 70.0 cm³/mol. The molecule has 1 aliphatic rings. The second kappa shape index (κ2) is 5.20. The summed E-state index contributed by atoms with van der Waals surface area (Å²) in [4.78, 5) is 0. The van der Waals surface area contributed by atoms with Gasteiger partial charge in [0.2, 0.25) is 0 Å². The van der Waals surface area contributed by atoms with Gasteiger partial charge in [-0.05, 0) is 48.9 Å². The van der Waals surface area contributed by atoms with Crippen LogP contribution in [0.15, 0.2) is 24.3 Å². The van der Waals surface area contributed by atoms with E-state index >= 15 is 0 Å². The van der Waals surface area contributed by atoms with Gasteiger partial charge in [0.05, 0.1) is 0 Å². The first kappa shape index (κ1) is 11.9. The molecule has 0 atom stereocenters. The number of benzene rings is 1. The van der Waals surface area contributed by atoms with Gasteiger partial charge in [-0.1, -0.05) is 37.1 Å². The summed E-state index contributed by atoms with van der Waals surface area (Å²) in [6, 6.07) is 8.30. The number of nitrogens with one attached hydrogen (secondary N) is 1. The molecule has 16 heavy (non-hydrogen) atoms. The van der Waals surface area contributed by atoms with Crippen molar-refractivity contribution in [1.82, 2.24) is 5.32 Å². The molecule has 0 amide bonds. The number of hydrogen-bond donors (Lipinski definition) is 1. The second-order valence-electron chi connectivity index (χ2n) is 4.94. The first-order chi connectivity index (χ1) is 7.74. The van der Waals surface area contributed by atoms with Crippen molar-refractivity contribution in [3.63, 3.8) is 0 Å². The average molecular weight is 238 g/mol. The molecule has 0 spiro atoms. The molecule has 88 valence electrons. The Labute approximate surface area is 103 Å². The third kappa shape index (κ3) is 2.78. The summed E-state index contributed by atoms with van der Waals surface area (Å²) in [6.07, 6.45) is 5.26. The number of hydrogen-bond acceptors (Lipinski definition) is 1. The van der Waals surface area contributed by atoms with E-state index in [1.807, 2.05) is 6.07 Å². The van der Waals surface area contributed by atoms with E-state index in [0.717, 1.165) is 18.1 Å². The lowest BCUT2D eigenvalue weighted by Gasteiger charge is -2.42. The Morgan fingerprint density at radius 1 is 1.38 bits per heavy atom. The minimum absolute atomic E-state index is 0.501. The molecule has 0 radical (unpaired) electrons. The summed E-state index contributed by atoms with van der Waals surface area (Å²) in [5.74, 6) is 0. The van der Waals surface area contributed by atoms with Crippen LogP contribution in [0.2, 0.25) is 5.02 Å². The SMILES string of the molecule is CCNCC1(Cc2cccc(Cl)c2)CCC1. The number of rotatable bonds is 5. The summed E-state index contributed by atoms with van der Waals surface area (Å²) in [5.41, 5.74) is 1.88. The standard InChI is InChI=1S/C14H20ClN/c1-2-16-11-14(7-4-8-14)10-12-5-3-6-13(15)9-12/h3,5-6,9,16H,2,4,7-8,10-11H2,1H3. The molecule has 0 aliphatic heterocycles. The van der Waals surface area contributed by atoms with Gasteiger partial charge >= 0.3 is 0 Å². The zero-order chi connectivity index (χ0) is 11.4. The first-order valence-corrected chi connectivity index (χ1v) is 6.57. The van der Waals surface area contributed by atoms with Crippen molar-refractivity contribution in [3.8, 4) is 0 Å². The first-order valence-electron chi connectivity index (χ1n) is 6.19. The van der Waals surface area contributed by atoms with E-state index in [-0.39, 0.29) is 0 Å². The van der Waals surface area contributed by atoms with Crippen LogP contribution in [-0.2, 0) is 6.42 Å². The van der Waals surface area contributed by atoms with Crippen LogP contribution in [-0.4, -0.2) is 13.1 Å². The van der Waals surface area contributed by atoms with Crippen LogP contribution in [0.25, 0.3) is 0 Å². The van der Waals surface area contributed by atoms with Crippen molar-refractivity contribution < 1.29 is 0 Å². The van der Waals surface area contributed by atoms with E-state index in [0.29, 0.717) is 5.41 Å². The van der Waals surface area contributed by atoms with Crippen LogP contribution in [0, 0.1) is 5.41 Å². The smallest absolute Gasteiger partial charge is 0.0408 e. The Balaban J connectivity index is 2.01. The Bertz CT molecular complexity index is 344. The molecule has 0 heterocycles. The second-order valence-corrected chi connectivity index (χ2v) is 5.38. The zero-order valence-electron chi connectivity index (χ0n) is 9.93. The fourth-order valence-electron chi connectivity index (χ4n) is 2.56. The van der Waals surface area contributed by atoms with Gasteiger partial charge in [0, 0.05) is 11.6 Å². The van der Waals surface area contributed by atoms with Gasteiger partial charge in [-0.2, -0.15) is 0 Å². The molecule has 2 heteroatoms. The lowest BCUT2D eigenvalue weighted by molar-refractivity contribution is 0.131. The van der Waals surface area contributed by atoms with Gasteiger partial charge in [-0.3, -0.25) is 0 Å². The summed E-state index contributed by atoms with van der Waals surface area (Å²) >= 11 is 6.02. The molecule has 1 aliphatic carbocycles. The van der Waals surface area contributed by atoms with Crippen LogP contribution in [0.3, 0.4) is 0 Å². The van der Waals surface area contributed by atoms with Gasteiger partial charge in [-0.25, -0.2) is 0 Å². The monoisotopic (exact) mass is 237 g/mol. The van der Waals surface area contributed by atoms with E-state index in [1.165, 1.54) is 31.2 Å². The molecule has 1 fully saturated rings. The topological polar surface area (TPSA) is 12.0 Å². The normalized spacial score (nSPS) is 18.1. The third-order valence-corrected chi connectivity index (χ3v) is 3.87. The molecule has 1 saturated carbocycles. The van der Waals surface area contributed by atoms with Gasteiger partial charge < -0.3 is 5.32 Å². The van der Waals surface area contributed by atoms with Crippen LogP contribution in [0.4, 0.5) is 0 Å². The zero-order valence-corrected chi connectivity index (χ0v) is 10.7. The van der Waals surface area contributed by atoms with Crippen molar-refractivity contribution >= 4 is 11.6 Å². The highest BCUT2D eigenvalue weighted by molar-refractivity contribution is 6.30. The fourth-order valence-corrected chi connectivity index (χ4v) is 2.78. The fraction of sp³-hybridized carbons (Fsp3) is 0.571. The highest BCUT2D eigenvalue weighted by Crippen LogP contribution is 2.43. The quantitative estimate of drug-likeness (QED) is 0.824. The van der Waals surface area contributed by atoms with E-state index in [4.69, 9.17) is 11.6 Å². The summed E-state index contributed by atoms with van der Waals surface area (Å²) in [7, 11) is 0. The maximum absolute atomic E-state index is 6.02. The van der Waals surface area contributed by atoms with Crippen molar-refractivity contribution in [2.45, 2.75) is 32.6 Å². The minimum atomic E-state index is 0.501. The molecule has 1 N–H and O–H groups in total. The maximum Gasteiger partial charge on any atom is 0.0408 e. The van der Waals surface area contributed by atoms with E-state index in [2.05, 4.69) is 30.4 Å². The van der Waals surface area contributed by atoms with Crippen LogP contribution in [0.1, 0.15) is 31.7 Å². The summed E-state index contributed by atoms with van der Waals surface area (Å²) < 4.78 is 0. The highest BCUT2D eigenvalue weighted by Gasteiger charge is 2.36. The Morgan fingerprint density at radius 3 is 2.75 bits per heavy atom. The van der Waals surface area contributed by atoms with Gasteiger partial charge in [-0.15, -0.1) is 0 Å². The average Bonchev–Trinajstić information content (AvgIpc) is 2.22. The Hall–Kier alpha value is -0.530. The summed E-state index contributed by atoms with van der Waals surface area (Å²) in [6.45, 7) is 4.39. The van der Waals surface area contributed by atoms with Crippen molar-refractivity contribution in [2.75, 3.05) is 13.1 Å². The highest BCUT2D eigenvalue weighted by atomic mass is 35.5. The molecule has 1 aromatic rings. The molecule has 0 saturated heterocycles. The molecule has 0 aromatic heterocycles. The van der Waals surface area contributed by atoms with E-state index < -0.39 is 0 Å². The molecular weight excluding hydrogens is 218 g/mol. The van der Waals surface area contributed by atoms with E-state index in [1.54, 1.807) is 0 Å². The summed E-state index contributed by atoms with van der Waals surface area (Å²) in [5, 5.41) is 4.35. The van der Waals surface area contributed by atoms with Gasteiger partial charge in [0.1, 0.15) is 0 Å². The third-order valence-electron chi connectivity index (χ3n) is 3.63. The van der Waals surface area contributed by atoms with Crippen LogP contribution >= 0.6 is 11.6 Å². The number of halogens is 1. The Morgan fingerprint density at radius 2 is 2.19 bits per heavy atom. The van der Waals surface area contributed by atoms with Crippen molar-refractivity contribution in [2.24, 2.45) is 5.41 Å². The predicted octanol–water partition coefficient (Wildman–Crippen LogP) is 3.66. The molecule has 1 aromatic carbocycles. The molecule has 0 unspecified atom stereocenters. The molecular formula is C14H20ClN. The largest absolute Gasteiger partial charge is 0.316 e. The van der Waals surface area contributed by atoms with Gasteiger partial charge in [0.25, 0.3) is 0 Å².